The van der Waals surface area contributed by atoms with Crippen LogP contribution in [0.15, 0.2) is 72.8 Å². The molecule has 0 fully saturated rings. The van der Waals surface area contributed by atoms with Gasteiger partial charge in [-0.1, -0.05) is 54.1 Å². The van der Waals surface area contributed by atoms with Crippen LogP contribution in [0.25, 0.3) is 33.4 Å². The maximum absolute atomic E-state index is 6.53. The number of rotatable bonds is 0. The van der Waals surface area contributed by atoms with E-state index in [1.54, 1.807) is 0 Å². The second-order valence-electron chi connectivity index (χ2n) is 9.14. The first-order valence-corrected chi connectivity index (χ1v) is 11.3. The highest BCUT2D eigenvalue weighted by Gasteiger charge is 2.24. The van der Waals surface area contributed by atoms with Gasteiger partial charge >= 0.3 is 0 Å². The normalized spacial score (nSPS) is 14.7. The van der Waals surface area contributed by atoms with Crippen LogP contribution in [0.5, 0.6) is 11.5 Å². The minimum Gasteiger partial charge on any atom is -0.456 e. The Bertz CT molecular complexity index is 1590. The van der Waals surface area contributed by atoms with E-state index >= 15 is 0 Å². The van der Waals surface area contributed by atoms with Crippen molar-refractivity contribution in [2.45, 2.75) is 26.8 Å². The molecule has 0 saturated carbocycles. The van der Waals surface area contributed by atoms with E-state index in [9.17, 15) is 0 Å². The first-order valence-electron chi connectivity index (χ1n) is 11.3. The van der Waals surface area contributed by atoms with Crippen LogP contribution in [0.3, 0.4) is 0 Å². The van der Waals surface area contributed by atoms with Crippen LogP contribution in [-0.4, -0.2) is 0 Å². The third kappa shape index (κ3) is 2.41. The van der Waals surface area contributed by atoms with Crippen molar-refractivity contribution in [3.05, 3.63) is 99.9 Å². The molecule has 2 heterocycles. The summed E-state index contributed by atoms with van der Waals surface area (Å²) in [5, 5.41) is 6.08. The van der Waals surface area contributed by atoms with Crippen molar-refractivity contribution < 1.29 is 4.74 Å². The number of ether oxygens (including phenoxy) is 1. The largest absolute Gasteiger partial charge is 0.456 e. The average Bonchev–Trinajstić information content (AvgIpc) is 2.83. The topological polar surface area (TPSA) is 21.3 Å². The zero-order valence-electron chi connectivity index (χ0n) is 18.3. The number of nitrogens with one attached hydrogen (secondary N) is 1. The lowest BCUT2D eigenvalue weighted by molar-refractivity contribution is 0.472. The fourth-order valence-electron chi connectivity index (χ4n) is 5.57. The van der Waals surface area contributed by atoms with Crippen molar-refractivity contribution >= 4 is 16.8 Å². The van der Waals surface area contributed by atoms with Gasteiger partial charge in [-0.3, -0.25) is 0 Å². The van der Waals surface area contributed by atoms with E-state index in [2.05, 4.69) is 92.0 Å². The van der Waals surface area contributed by atoms with Crippen molar-refractivity contribution in [2.24, 2.45) is 0 Å². The third-order valence-electron chi connectivity index (χ3n) is 7.27. The molecular weight excluding hydrogens is 390 g/mol. The standard InChI is InChI=1S/C30H23NO/c1-17-11-19-7-3-5-9-21(19)26-12-24-18(2)25-13-27-22-10-6-4-8-20(22)16-31-28(27)15-30(25)32-29(24)14-23(17)26/h3-10,12-15,31H,11,16H2,1-2H3. The molecule has 2 heteroatoms. The zero-order chi connectivity index (χ0) is 21.4. The summed E-state index contributed by atoms with van der Waals surface area (Å²) in [5.41, 5.74) is 13.0. The first-order chi connectivity index (χ1) is 15.7. The van der Waals surface area contributed by atoms with E-state index in [-0.39, 0.29) is 0 Å². The Morgan fingerprint density at radius 1 is 0.656 bits per heavy atom. The molecule has 0 bridgehead atoms. The zero-order valence-corrected chi connectivity index (χ0v) is 18.3. The van der Waals surface area contributed by atoms with Gasteiger partial charge in [0.25, 0.3) is 0 Å². The predicted molar refractivity (Wildman–Crippen MR) is 131 cm³/mol. The van der Waals surface area contributed by atoms with Gasteiger partial charge in [0.2, 0.25) is 0 Å². The fourth-order valence-corrected chi connectivity index (χ4v) is 5.57. The molecule has 32 heavy (non-hydrogen) atoms. The van der Waals surface area contributed by atoms with Gasteiger partial charge in [-0.2, -0.15) is 0 Å². The van der Waals surface area contributed by atoms with Crippen molar-refractivity contribution in [2.75, 3.05) is 5.32 Å². The molecule has 2 aliphatic heterocycles. The van der Waals surface area contributed by atoms with Gasteiger partial charge in [0.05, 0.1) is 0 Å². The number of fused-ring (bicyclic) bond motifs is 8. The Balaban J connectivity index is 1.50. The quantitative estimate of drug-likeness (QED) is 0.382. The molecule has 0 radical (unpaired) electrons. The molecule has 3 aliphatic rings. The Morgan fingerprint density at radius 3 is 2.25 bits per heavy atom. The molecule has 154 valence electrons. The van der Waals surface area contributed by atoms with Crippen LogP contribution in [0, 0.1) is 0 Å². The molecule has 1 N–H and O–H groups in total. The van der Waals surface area contributed by atoms with E-state index < -0.39 is 0 Å². The van der Waals surface area contributed by atoms with Crippen LogP contribution in [0.4, 0.5) is 5.69 Å². The van der Waals surface area contributed by atoms with Gasteiger partial charge in [-0.15, -0.1) is 0 Å². The molecule has 0 atom stereocenters. The van der Waals surface area contributed by atoms with Crippen LogP contribution in [0.1, 0.15) is 30.5 Å². The Morgan fingerprint density at radius 2 is 1.41 bits per heavy atom. The minimum absolute atomic E-state index is 0.850. The first kappa shape index (κ1) is 17.9. The SMILES string of the molecule is CC1=c2cc3c(cc2Oc2cc4c(cc21)-c1ccccc1CN4)=C(C)Cc1ccccc1-3. The van der Waals surface area contributed by atoms with Crippen molar-refractivity contribution in [1.29, 1.82) is 0 Å². The van der Waals surface area contributed by atoms with Gasteiger partial charge < -0.3 is 10.1 Å². The number of anilines is 1. The highest BCUT2D eigenvalue weighted by atomic mass is 16.5. The second-order valence-corrected chi connectivity index (χ2v) is 9.14. The summed E-state index contributed by atoms with van der Waals surface area (Å²) in [7, 11) is 0. The molecule has 0 amide bonds. The van der Waals surface area contributed by atoms with Crippen LogP contribution < -0.4 is 20.5 Å². The molecule has 0 unspecified atom stereocenters. The summed E-state index contributed by atoms with van der Waals surface area (Å²) < 4.78 is 6.53. The Kier molecular flexibility index (Phi) is 3.55. The van der Waals surface area contributed by atoms with Gasteiger partial charge in [0, 0.05) is 34.6 Å². The summed E-state index contributed by atoms with van der Waals surface area (Å²) in [6.45, 7) is 5.32. The van der Waals surface area contributed by atoms with Crippen molar-refractivity contribution in [3.63, 3.8) is 0 Å². The predicted octanol–water partition coefficient (Wildman–Crippen LogP) is 6.00. The summed E-state index contributed by atoms with van der Waals surface area (Å²) in [4.78, 5) is 0. The maximum Gasteiger partial charge on any atom is 0.137 e. The molecule has 1 aliphatic carbocycles. The van der Waals surface area contributed by atoms with E-state index in [4.69, 9.17) is 4.74 Å². The van der Waals surface area contributed by atoms with Gasteiger partial charge in [0.1, 0.15) is 11.5 Å². The fraction of sp³-hybridized carbons (Fsp3) is 0.133. The molecule has 0 aromatic heterocycles. The number of hydrogen-bond acceptors (Lipinski definition) is 2. The monoisotopic (exact) mass is 413 g/mol. The Labute approximate surface area is 187 Å². The molecule has 2 nitrogen and oxygen atoms in total. The van der Waals surface area contributed by atoms with E-state index in [1.807, 2.05) is 0 Å². The molecule has 0 saturated heterocycles. The molecule has 7 rings (SSSR count). The second kappa shape index (κ2) is 6.37. The van der Waals surface area contributed by atoms with Gasteiger partial charge in [0.15, 0.2) is 0 Å². The van der Waals surface area contributed by atoms with E-state index in [0.29, 0.717) is 0 Å². The summed E-state index contributed by atoms with van der Waals surface area (Å²) >= 11 is 0. The van der Waals surface area contributed by atoms with Gasteiger partial charge in [-0.25, -0.2) is 0 Å². The highest BCUT2D eigenvalue weighted by Crippen LogP contribution is 2.43. The third-order valence-corrected chi connectivity index (χ3v) is 7.27. The van der Waals surface area contributed by atoms with Crippen LogP contribution >= 0.6 is 0 Å². The van der Waals surface area contributed by atoms with Crippen LogP contribution in [-0.2, 0) is 13.0 Å². The minimum atomic E-state index is 0.850. The van der Waals surface area contributed by atoms with E-state index in [0.717, 1.165) is 30.2 Å². The highest BCUT2D eigenvalue weighted by molar-refractivity contribution is 5.89. The maximum atomic E-state index is 6.53. The molecule has 4 aromatic carbocycles. The summed E-state index contributed by atoms with van der Waals surface area (Å²) in [6, 6.07) is 26.5. The summed E-state index contributed by atoms with van der Waals surface area (Å²) in [5.74, 6) is 1.90. The van der Waals surface area contributed by atoms with E-state index in [1.165, 1.54) is 60.5 Å². The van der Waals surface area contributed by atoms with Crippen LogP contribution in [0.2, 0.25) is 0 Å². The lowest BCUT2D eigenvalue weighted by Gasteiger charge is -2.27. The number of hydrogen-bond donors (Lipinski definition) is 1. The summed E-state index contributed by atoms with van der Waals surface area (Å²) in [6.07, 6.45) is 0.998. The molecular formula is C30H23NO. The smallest absolute Gasteiger partial charge is 0.137 e. The lowest BCUT2D eigenvalue weighted by atomic mass is 9.85. The lowest BCUT2D eigenvalue weighted by Crippen LogP contribution is -2.24. The molecule has 4 aromatic rings. The average molecular weight is 414 g/mol. The Hall–Kier alpha value is -3.78. The van der Waals surface area contributed by atoms with Crippen molar-refractivity contribution in [3.8, 4) is 33.8 Å². The molecule has 0 spiro atoms. The van der Waals surface area contributed by atoms with Gasteiger partial charge in [-0.05, 0) is 77.1 Å². The van der Waals surface area contributed by atoms with Crippen molar-refractivity contribution in [1.82, 2.24) is 0 Å². The number of benzene rings is 4.